The Hall–Kier alpha value is -2.05. The Labute approximate surface area is 162 Å². The van der Waals surface area contributed by atoms with Crippen LogP contribution in [0.2, 0.25) is 0 Å². The molecule has 2 aromatic carbocycles. The largest absolute Gasteiger partial charge is 0.497 e. The second-order valence-corrected chi connectivity index (χ2v) is 7.21. The van der Waals surface area contributed by atoms with E-state index in [1.54, 1.807) is 14.2 Å². The highest BCUT2D eigenvalue weighted by Crippen LogP contribution is 2.38. The number of amides is 1. The van der Waals surface area contributed by atoms with Crippen LogP contribution in [0.3, 0.4) is 0 Å². The summed E-state index contributed by atoms with van der Waals surface area (Å²) in [5.74, 6) is 1.61. The van der Waals surface area contributed by atoms with Gasteiger partial charge in [0.2, 0.25) is 5.91 Å². The van der Waals surface area contributed by atoms with Gasteiger partial charge in [-0.05, 0) is 55.8 Å². The number of ether oxygens (including phenoxy) is 2. The van der Waals surface area contributed by atoms with Gasteiger partial charge >= 0.3 is 0 Å². The Kier molecular flexibility index (Phi) is 6.16. The van der Waals surface area contributed by atoms with Gasteiger partial charge in [0.05, 0.1) is 20.8 Å². The van der Waals surface area contributed by atoms with Gasteiger partial charge in [-0.1, -0.05) is 22.0 Å². The minimum absolute atomic E-state index is 0.0168. The molecule has 0 aliphatic carbocycles. The molecule has 138 valence electrons. The number of nitrogens with one attached hydrogen (secondary N) is 1. The van der Waals surface area contributed by atoms with Crippen LogP contribution in [0, 0.1) is 0 Å². The summed E-state index contributed by atoms with van der Waals surface area (Å²) in [5.41, 5.74) is 1.86. The molecule has 1 saturated heterocycles. The number of halogens is 1. The summed E-state index contributed by atoms with van der Waals surface area (Å²) in [5, 5.41) is 2.97. The van der Waals surface area contributed by atoms with Crippen molar-refractivity contribution in [2.24, 2.45) is 0 Å². The Morgan fingerprint density at radius 2 is 2.08 bits per heavy atom. The molecule has 5 nitrogen and oxygen atoms in total. The van der Waals surface area contributed by atoms with E-state index in [2.05, 4.69) is 26.1 Å². The van der Waals surface area contributed by atoms with Gasteiger partial charge in [0.25, 0.3) is 0 Å². The predicted octanol–water partition coefficient (Wildman–Crippen LogP) is 4.24. The topological polar surface area (TPSA) is 50.8 Å². The quantitative estimate of drug-likeness (QED) is 0.761. The highest BCUT2D eigenvalue weighted by molar-refractivity contribution is 9.10. The lowest BCUT2D eigenvalue weighted by molar-refractivity contribution is -0.117. The van der Waals surface area contributed by atoms with E-state index in [-0.39, 0.29) is 11.9 Å². The number of anilines is 1. The molecule has 1 amide bonds. The van der Waals surface area contributed by atoms with Crippen molar-refractivity contribution >= 4 is 27.5 Å². The molecule has 1 N–H and O–H groups in total. The highest BCUT2D eigenvalue weighted by atomic mass is 79.9. The molecule has 26 heavy (non-hydrogen) atoms. The van der Waals surface area contributed by atoms with Crippen molar-refractivity contribution in [2.45, 2.75) is 18.9 Å². The van der Waals surface area contributed by atoms with Crippen molar-refractivity contribution < 1.29 is 14.3 Å². The van der Waals surface area contributed by atoms with Crippen molar-refractivity contribution in [1.82, 2.24) is 4.90 Å². The van der Waals surface area contributed by atoms with E-state index in [4.69, 9.17) is 9.47 Å². The molecule has 1 heterocycles. The normalized spacial score (nSPS) is 17.1. The summed E-state index contributed by atoms with van der Waals surface area (Å²) in [6.45, 7) is 1.23. The van der Waals surface area contributed by atoms with Crippen LogP contribution in [0.1, 0.15) is 24.4 Å². The Balaban J connectivity index is 1.73. The van der Waals surface area contributed by atoms with Crippen LogP contribution in [0.15, 0.2) is 46.9 Å². The SMILES string of the molecule is COc1ccc(OC)c([C@@H]2CCCN2CC(=O)Nc2cccc(Br)c2)c1. The van der Waals surface area contributed by atoms with Crippen molar-refractivity contribution in [1.29, 1.82) is 0 Å². The molecule has 0 bridgehead atoms. The third kappa shape index (κ3) is 4.37. The van der Waals surface area contributed by atoms with Gasteiger partial charge in [0.1, 0.15) is 11.5 Å². The second-order valence-electron chi connectivity index (χ2n) is 6.29. The summed E-state index contributed by atoms with van der Waals surface area (Å²) in [6.07, 6.45) is 2.04. The van der Waals surface area contributed by atoms with Crippen molar-refractivity contribution in [3.05, 3.63) is 52.5 Å². The number of benzene rings is 2. The zero-order chi connectivity index (χ0) is 18.5. The van der Waals surface area contributed by atoms with Crippen molar-refractivity contribution in [3.63, 3.8) is 0 Å². The minimum Gasteiger partial charge on any atom is -0.497 e. The third-order valence-electron chi connectivity index (χ3n) is 4.61. The summed E-state index contributed by atoms with van der Waals surface area (Å²) in [4.78, 5) is 14.7. The van der Waals surface area contributed by atoms with E-state index in [1.807, 2.05) is 42.5 Å². The standard InChI is InChI=1S/C20H23BrN2O3/c1-25-16-8-9-19(26-2)17(12-16)18-7-4-10-23(18)13-20(24)22-15-6-3-5-14(21)11-15/h3,5-6,8-9,11-12,18H,4,7,10,13H2,1-2H3,(H,22,24)/t18-/m0/s1. The maximum atomic E-state index is 12.5. The number of rotatable bonds is 6. The first-order valence-corrected chi connectivity index (χ1v) is 9.41. The van der Waals surface area contributed by atoms with E-state index < -0.39 is 0 Å². The molecule has 1 atom stereocenters. The number of nitrogens with zero attached hydrogens (tertiary/aromatic N) is 1. The van der Waals surface area contributed by atoms with E-state index >= 15 is 0 Å². The number of likely N-dealkylation sites (tertiary alicyclic amines) is 1. The summed E-state index contributed by atoms with van der Waals surface area (Å²) >= 11 is 3.42. The third-order valence-corrected chi connectivity index (χ3v) is 5.11. The first kappa shape index (κ1) is 18.7. The average molecular weight is 419 g/mol. The zero-order valence-corrected chi connectivity index (χ0v) is 16.6. The first-order chi connectivity index (χ1) is 12.6. The number of methoxy groups -OCH3 is 2. The summed E-state index contributed by atoms with van der Waals surface area (Å²) in [6, 6.07) is 13.6. The van der Waals surface area contributed by atoms with E-state index in [0.29, 0.717) is 6.54 Å². The molecule has 1 aliphatic heterocycles. The molecule has 0 radical (unpaired) electrons. The van der Waals surface area contributed by atoms with Crippen LogP contribution in [-0.2, 0) is 4.79 Å². The summed E-state index contributed by atoms with van der Waals surface area (Å²) in [7, 11) is 3.33. The van der Waals surface area contributed by atoms with Gasteiger partial charge in [0, 0.05) is 21.8 Å². The average Bonchev–Trinajstić information content (AvgIpc) is 3.08. The lowest BCUT2D eigenvalue weighted by Gasteiger charge is -2.26. The molecule has 0 saturated carbocycles. The Morgan fingerprint density at radius 1 is 1.23 bits per heavy atom. The van der Waals surface area contributed by atoms with Crippen molar-refractivity contribution in [3.8, 4) is 11.5 Å². The van der Waals surface area contributed by atoms with Gasteiger partial charge in [-0.15, -0.1) is 0 Å². The first-order valence-electron chi connectivity index (χ1n) is 8.62. The second kappa shape index (κ2) is 8.56. The number of carbonyl (C=O) groups excluding carboxylic acids is 1. The van der Waals surface area contributed by atoms with Gasteiger partial charge in [-0.2, -0.15) is 0 Å². The van der Waals surface area contributed by atoms with Gasteiger partial charge in [-0.3, -0.25) is 9.69 Å². The Bertz CT molecular complexity index is 781. The van der Waals surface area contributed by atoms with Crippen LogP contribution in [0.4, 0.5) is 5.69 Å². The molecule has 0 unspecified atom stereocenters. The Morgan fingerprint density at radius 3 is 2.81 bits per heavy atom. The fraction of sp³-hybridized carbons (Fsp3) is 0.350. The van der Waals surface area contributed by atoms with Gasteiger partial charge in [-0.25, -0.2) is 0 Å². The van der Waals surface area contributed by atoms with Gasteiger partial charge in [0.15, 0.2) is 0 Å². The zero-order valence-electron chi connectivity index (χ0n) is 15.0. The highest BCUT2D eigenvalue weighted by Gasteiger charge is 2.30. The maximum Gasteiger partial charge on any atom is 0.238 e. The number of carbonyl (C=O) groups is 1. The molecule has 6 heteroatoms. The molecule has 0 spiro atoms. The predicted molar refractivity (Wildman–Crippen MR) is 106 cm³/mol. The van der Waals surface area contributed by atoms with Crippen LogP contribution < -0.4 is 14.8 Å². The number of hydrogen-bond acceptors (Lipinski definition) is 4. The van der Waals surface area contributed by atoms with Crippen molar-refractivity contribution in [2.75, 3.05) is 32.6 Å². The molecule has 2 aromatic rings. The van der Waals surface area contributed by atoms with E-state index in [0.717, 1.165) is 46.6 Å². The molecular formula is C20H23BrN2O3. The lowest BCUT2D eigenvalue weighted by atomic mass is 10.0. The lowest BCUT2D eigenvalue weighted by Crippen LogP contribution is -2.33. The molecule has 0 aromatic heterocycles. The molecule has 1 aliphatic rings. The van der Waals surface area contributed by atoms with E-state index in [9.17, 15) is 4.79 Å². The van der Waals surface area contributed by atoms with E-state index in [1.165, 1.54) is 0 Å². The monoisotopic (exact) mass is 418 g/mol. The fourth-order valence-electron chi connectivity index (χ4n) is 3.42. The number of hydrogen-bond donors (Lipinski definition) is 1. The fourth-order valence-corrected chi connectivity index (χ4v) is 3.82. The van der Waals surface area contributed by atoms with Crippen LogP contribution in [0.25, 0.3) is 0 Å². The smallest absolute Gasteiger partial charge is 0.238 e. The van der Waals surface area contributed by atoms with Crippen LogP contribution in [0.5, 0.6) is 11.5 Å². The van der Waals surface area contributed by atoms with Crippen LogP contribution >= 0.6 is 15.9 Å². The van der Waals surface area contributed by atoms with Crippen LogP contribution in [-0.4, -0.2) is 38.1 Å². The molecule has 3 rings (SSSR count). The minimum atomic E-state index is -0.0168. The maximum absolute atomic E-state index is 12.5. The summed E-state index contributed by atoms with van der Waals surface area (Å²) < 4.78 is 11.8. The molecule has 1 fully saturated rings. The van der Waals surface area contributed by atoms with Gasteiger partial charge < -0.3 is 14.8 Å². The molecular weight excluding hydrogens is 396 g/mol.